The molecule has 2 saturated heterocycles. The minimum absolute atomic E-state index is 0. The van der Waals surface area contributed by atoms with E-state index in [2.05, 4.69) is 50.5 Å². The minimum atomic E-state index is -5.90. The van der Waals surface area contributed by atoms with E-state index >= 15 is 0 Å². The van der Waals surface area contributed by atoms with Crippen LogP contribution >= 0.6 is 15.6 Å². The first-order chi connectivity index (χ1) is 42.9. The van der Waals surface area contributed by atoms with Crippen LogP contribution in [0.15, 0.2) is 12.2 Å². The van der Waals surface area contributed by atoms with Crippen LogP contribution in [-0.4, -0.2) is 131 Å². The molecular formula is C66H122N2Na4O19P2. The number of unbranched alkanes of at least 4 members (excludes halogenated alkanes) is 30. The molecule has 2 aliphatic heterocycles. The number of phosphoric acid groups is 2. The number of carbonyl (C=O) groups is 3. The van der Waals surface area contributed by atoms with Crippen molar-refractivity contribution in [3.05, 3.63) is 12.2 Å². The predicted molar refractivity (Wildman–Crippen MR) is 338 cm³/mol. The normalized spacial score (nSPS) is 21.9. The van der Waals surface area contributed by atoms with Crippen LogP contribution in [-0.2, 0) is 65.7 Å². The molecule has 0 radical (unpaired) electrons. The summed E-state index contributed by atoms with van der Waals surface area (Å²) in [7, 11) is -8.77. The van der Waals surface area contributed by atoms with Gasteiger partial charge in [0, 0.05) is 40.3 Å². The van der Waals surface area contributed by atoms with Crippen molar-refractivity contribution < 1.29 is 209 Å². The molecule has 11 unspecified atom stereocenters. The molecule has 0 spiro atoms. The van der Waals surface area contributed by atoms with Crippen LogP contribution in [0.4, 0.5) is 0 Å². The molecule has 2 rings (SSSR count). The predicted octanol–water partition coefficient (Wildman–Crippen LogP) is -0.901. The van der Waals surface area contributed by atoms with E-state index in [4.69, 9.17) is 42.2 Å². The Morgan fingerprint density at radius 1 is 0.473 bits per heavy atom. The summed E-state index contributed by atoms with van der Waals surface area (Å²) < 4.78 is 77.9. The fourth-order valence-corrected chi connectivity index (χ4v) is 12.7. The summed E-state index contributed by atoms with van der Waals surface area (Å²) in [6.45, 7) is 7.64. The second-order valence-corrected chi connectivity index (χ2v) is 27.0. The number of ketones is 1. The average Bonchev–Trinajstić information content (AvgIpc) is 0.798. The third kappa shape index (κ3) is 50.3. The van der Waals surface area contributed by atoms with Crippen molar-refractivity contribution in [2.45, 2.75) is 352 Å². The van der Waals surface area contributed by atoms with Crippen molar-refractivity contribution in [3.63, 3.8) is 0 Å². The second-order valence-electron chi connectivity index (χ2n) is 24.7. The van der Waals surface area contributed by atoms with Crippen molar-refractivity contribution in [1.82, 2.24) is 10.6 Å². The summed E-state index contributed by atoms with van der Waals surface area (Å²) in [6, 6.07) is -3.00. The zero-order valence-electron chi connectivity index (χ0n) is 59.8. The molecule has 0 saturated carbocycles. The number of nitrogens with one attached hydrogen (secondary N) is 2. The summed E-state index contributed by atoms with van der Waals surface area (Å²) in [5, 5.41) is 17.7. The van der Waals surface area contributed by atoms with Crippen LogP contribution in [0.25, 0.3) is 0 Å². The molecule has 2 aliphatic rings. The maximum absolute atomic E-state index is 14.1. The Kier molecular flexibility index (Phi) is 68.3. The number of rotatable bonds is 59. The van der Waals surface area contributed by atoms with Crippen molar-refractivity contribution in [2.75, 3.05) is 40.6 Å². The van der Waals surface area contributed by atoms with E-state index in [1.807, 2.05) is 0 Å². The van der Waals surface area contributed by atoms with E-state index in [1.54, 1.807) is 7.11 Å². The monoisotopic (exact) mass is 1400 g/mol. The number of aliphatic hydroxyl groups is 1. The van der Waals surface area contributed by atoms with Gasteiger partial charge in [-0.25, -0.2) is 0 Å². The van der Waals surface area contributed by atoms with Gasteiger partial charge < -0.3 is 86.6 Å². The fraction of sp³-hybridized carbons (Fsp3) is 0.924. The second kappa shape index (κ2) is 63.9. The molecular weight excluding hydrogens is 1280 g/mol. The Hall–Kier alpha value is 2.25. The topological polar surface area (TPSA) is 305 Å². The smallest absolute Gasteiger partial charge is 0.790 e. The van der Waals surface area contributed by atoms with Crippen LogP contribution in [0.1, 0.15) is 285 Å². The molecule has 2 heterocycles. The third-order valence-electron chi connectivity index (χ3n) is 16.8. The van der Waals surface area contributed by atoms with E-state index in [0.717, 1.165) is 161 Å². The number of Topliss-reactive ketones (excluding diaryl/α,β-unsaturated/α-hetero) is 1. The van der Waals surface area contributed by atoms with Gasteiger partial charge in [0.15, 0.2) is 12.6 Å². The number of hydrogen-bond donors (Lipinski definition) is 3. The molecule has 21 nitrogen and oxygen atoms in total. The minimum Gasteiger partial charge on any atom is -0.790 e. The van der Waals surface area contributed by atoms with Gasteiger partial charge in [-0.15, -0.1) is 0 Å². The summed E-state index contributed by atoms with van der Waals surface area (Å²) in [5.74, 6) is -1.64. The number of carbonyl (C=O) groups excluding carboxylic acids is 3. The standard InChI is InChI=1S/C66H126N2O19P2.4Na/c1-7-11-15-19-22-25-26-27-28-29-30-32-34-38-42-46-57(70)67-60-64(82-49-47-54(80-6)45-41-36-18-14-10-4)62(86-88(73,74)75)56(51-79-5)85-65(60)83-52-55-61(72)63(81-48-43-39-35-24-21-17-13-9-3)59(66(84-55)87-89(76,77)78)68-58(71)50-53(69)44-40-37-33-31-23-20-16-12-8-2;;;;/h25-26,54-56,59-66,72H,7-24,27-52H2,1-6H3,(H,67,70)(H,68,71)(H2,73,74,75)(H2,76,77,78);;;;/q;4*+1/p-4. The van der Waals surface area contributed by atoms with Gasteiger partial charge in [-0.1, -0.05) is 220 Å². The molecule has 0 aromatic carbocycles. The zero-order chi connectivity index (χ0) is 65.4. The Labute approximate surface area is 650 Å². The first-order valence-electron chi connectivity index (χ1n) is 34.9. The number of phosphoric ester groups is 2. The van der Waals surface area contributed by atoms with Crippen LogP contribution in [0, 0.1) is 0 Å². The van der Waals surface area contributed by atoms with Gasteiger partial charge in [0.25, 0.3) is 0 Å². The zero-order valence-corrected chi connectivity index (χ0v) is 69.6. The van der Waals surface area contributed by atoms with Gasteiger partial charge in [0.05, 0.1) is 41.4 Å². The summed E-state index contributed by atoms with van der Waals surface area (Å²) in [5.41, 5.74) is 0. The van der Waals surface area contributed by atoms with E-state index in [9.17, 15) is 48.2 Å². The quantitative estimate of drug-likeness (QED) is 0.0219. The molecule has 3 N–H and O–H groups in total. The van der Waals surface area contributed by atoms with Crippen molar-refractivity contribution >= 4 is 33.2 Å². The van der Waals surface area contributed by atoms with Gasteiger partial charge in [-0.2, -0.15) is 0 Å². The number of ether oxygens (including phenoxy) is 7. The molecule has 0 bridgehead atoms. The molecule has 93 heavy (non-hydrogen) atoms. The molecule has 2 amide bonds. The number of aliphatic hydroxyl groups excluding tert-OH is 1. The van der Waals surface area contributed by atoms with Crippen LogP contribution in [0.3, 0.4) is 0 Å². The Morgan fingerprint density at radius 2 is 0.903 bits per heavy atom. The van der Waals surface area contributed by atoms with Gasteiger partial charge in [0.1, 0.15) is 54.5 Å². The van der Waals surface area contributed by atoms with Gasteiger partial charge in [-0.05, 0) is 57.8 Å². The van der Waals surface area contributed by atoms with Crippen molar-refractivity contribution in [2.24, 2.45) is 0 Å². The van der Waals surface area contributed by atoms with E-state index in [1.165, 1.54) is 58.5 Å². The summed E-state index contributed by atoms with van der Waals surface area (Å²) >= 11 is 0. The molecule has 0 aromatic heterocycles. The third-order valence-corrected chi connectivity index (χ3v) is 17.8. The number of allylic oxidation sites excluding steroid dienone is 2. The van der Waals surface area contributed by atoms with Crippen LogP contribution in [0.5, 0.6) is 0 Å². The van der Waals surface area contributed by atoms with Crippen LogP contribution in [0.2, 0.25) is 0 Å². The summed E-state index contributed by atoms with van der Waals surface area (Å²) in [4.78, 5) is 90.9. The largest absolute Gasteiger partial charge is 1.00 e. The van der Waals surface area contributed by atoms with Crippen molar-refractivity contribution in [1.29, 1.82) is 0 Å². The van der Waals surface area contributed by atoms with Gasteiger partial charge in [0.2, 0.25) is 11.8 Å². The molecule has 11 atom stereocenters. The molecule has 0 aliphatic carbocycles. The summed E-state index contributed by atoms with van der Waals surface area (Å²) in [6.07, 6.45) is 28.0. The van der Waals surface area contributed by atoms with E-state index in [0.29, 0.717) is 25.7 Å². The number of amides is 2. The first kappa shape index (κ1) is 99.4. The molecule has 524 valence electrons. The molecule has 2 fully saturated rings. The Balaban J connectivity index is -0.0000202. The average molecular weight is 1400 g/mol. The molecule has 27 heteroatoms. The number of hydrogen-bond acceptors (Lipinski definition) is 19. The molecule has 0 aromatic rings. The number of methoxy groups -OCH3 is 2. The SMILES string of the molecule is CCCCCCC=CCCCCCCCCCC(=O)NC1C(OCC2OC(OP(=O)([O-])[O-])C(NC(=O)CC(=O)CCCCCCCCCCC)C(OCCCCCCCCCC)C2O)OC(COC)C(OP(=O)([O-])[O-])C1OCCC(CCCCCCC)OC.[Na+].[Na+].[Na+].[Na+]. The maximum Gasteiger partial charge on any atom is 1.00 e. The maximum atomic E-state index is 14.1. The van der Waals surface area contributed by atoms with E-state index < -0.39 is 102 Å². The fourth-order valence-electron chi connectivity index (χ4n) is 11.7. The van der Waals surface area contributed by atoms with Crippen LogP contribution < -0.4 is 148 Å². The van der Waals surface area contributed by atoms with Gasteiger partial charge in [-0.3, -0.25) is 14.4 Å². The first-order valence-corrected chi connectivity index (χ1v) is 37.9. The van der Waals surface area contributed by atoms with Crippen molar-refractivity contribution in [3.8, 4) is 0 Å². The van der Waals surface area contributed by atoms with Gasteiger partial charge >= 0.3 is 118 Å². The van der Waals surface area contributed by atoms with E-state index in [-0.39, 0.29) is 163 Å². The Bertz CT molecular complexity index is 1920. The Morgan fingerprint density at radius 3 is 1.41 bits per heavy atom.